The third kappa shape index (κ3) is 5.03. The van der Waals surface area contributed by atoms with Crippen LogP contribution in [-0.4, -0.2) is 37.3 Å². The Kier molecular flexibility index (Phi) is 6.09. The van der Waals surface area contributed by atoms with Crippen LogP contribution in [0.15, 0.2) is 35.2 Å². The molecule has 0 unspecified atom stereocenters. The van der Waals surface area contributed by atoms with E-state index in [1.165, 1.54) is 4.90 Å². The summed E-state index contributed by atoms with van der Waals surface area (Å²) in [5, 5.41) is 8.49. The van der Waals surface area contributed by atoms with Gasteiger partial charge >= 0.3 is 0 Å². The minimum absolute atomic E-state index is 0.0963. The fraction of sp³-hybridized carbons (Fsp3) is 0.533. The summed E-state index contributed by atoms with van der Waals surface area (Å²) in [5.74, 6) is 1.47. The highest BCUT2D eigenvalue weighted by atomic mass is 32.2. The second kappa shape index (κ2) is 7.83. The van der Waals surface area contributed by atoms with Crippen molar-refractivity contribution in [2.24, 2.45) is 5.92 Å². The molecule has 0 saturated carbocycles. The highest BCUT2D eigenvalue weighted by Gasteiger charge is 2.30. The van der Waals surface area contributed by atoms with Crippen LogP contribution in [0.1, 0.15) is 19.3 Å². The van der Waals surface area contributed by atoms with Crippen molar-refractivity contribution in [3.05, 3.63) is 30.3 Å². The van der Waals surface area contributed by atoms with E-state index in [9.17, 15) is 8.42 Å². The van der Waals surface area contributed by atoms with Gasteiger partial charge in [0.15, 0.2) is 0 Å². The summed E-state index contributed by atoms with van der Waals surface area (Å²) < 4.78 is 25.9. The Balaban J connectivity index is 1.79. The fourth-order valence-electron chi connectivity index (χ4n) is 2.38. The summed E-state index contributed by atoms with van der Waals surface area (Å²) in [6.07, 6.45) is 1.66. The van der Waals surface area contributed by atoms with Crippen LogP contribution in [0.3, 0.4) is 0 Å². The first kappa shape index (κ1) is 16.3. The van der Waals surface area contributed by atoms with E-state index in [-0.39, 0.29) is 5.75 Å². The predicted octanol–water partition coefficient (Wildman–Crippen LogP) is 2.73. The Morgan fingerprint density at radius 1 is 1.33 bits per heavy atom. The molecule has 1 atom stereocenters. The molecule has 1 heterocycles. The lowest BCUT2D eigenvalue weighted by atomic mass is 10.2. The lowest BCUT2D eigenvalue weighted by Crippen LogP contribution is -2.31. The monoisotopic (exact) mass is 324 g/mol. The second-order valence-corrected chi connectivity index (χ2v) is 8.40. The summed E-state index contributed by atoms with van der Waals surface area (Å²) in [4.78, 5) is 1.23. The van der Waals surface area contributed by atoms with E-state index in [0.29, 0.717) is 31.8 Å². The molecule has 1 saturated heterocycles. The van der Waals surface area contributed by atoms with Gasteiger partial charge in [0.2, 0.25) is 10.0 Å². The first-order valence-corrected chi connectivity index (χ1v) is 9.74. The summed E-state index contributed by atoms with van der Waals surface area (Å²) in [6.45, 7) is 1.24. The van der Waals surface area contributed by atoms with Gasteiger partial charge in [-0.1, -0.05) is 18.2 Å². The van der Waals surface area contributed by atoms with Crippen molar-refractivity contribution in [3.8, 4) is 6.07 Å². The molecule has 0 bridgehead atoms. The molecule has 1 fully saturated rings. The predicted molar refractivity (Wildman–Crippen MR) is 85.5 cm³/mol. The Bertz CT molecular complexity index is 581. The first-order chi connectivity index (χ1) is 10.1. The Labute approximate surface area is 131 Å². The fourth-order valence-corrected chi connectivity index (χ4v) is 5.02. The molecule has 114 valence electrons. The Hall–Kier alpha value is -1.03. The summed E-state index contributed by atoms with van der Waals surface area (Å²) in [7, 11) is -3.18. The molecule has 2 rings (SSSR count). The quantitative estimate of drug-likeness (QED) is 0.571. The van der Waals surface area contributed by atoms with Crippen molar-refractivity contribution in [3.63, 3.8) is 0 Å². The van der Waals surface area contributed by atoms with E-state index in [2.05, 4.69) is 12.1 Å². The van der Waals surface area contributed by atoms with Gasteiger partial charge in [-0.25, -0.2) is 12.7 Å². The molecule has 4 nitrogen and oxygen atoms in total. The average Bonchev–Trinajstić information content (AvgIpc) is 2.96. The zero-order valence-corrected chi connectivity index (χ0v) is 13.6. The van der Waals surface area contributed by atoms with Crippen LogP contribution >= 0.6 is 11.8 Å². The van der Waals surface area contributed by atoms with Crippen molar-refractivity contribution >= 4 is 21.8 Å². The van der Waals surface area contributed by atoms with E-state index in [1.54, 1.807) is 16.1 Å². The van der Waals surface area contributed by atoms with E-state index in [1.807, 2.05) is 24.3 Å². The van der Waals surface area contributed by atoms with Gasteiger partial charge in [-0.3, -0.25) is 0 Å². The summed E-state index contributed by atoms with van der Waals surface area (Å²) >= 11 is 1.79. The molecule has 1 aliphatic heterocycles. The number of rotatable bonds is 7. The minimum Gasteiger partial charge on any atom is -0.212 e. The van der Waals surface area contributed by atoms with Crippen molar-refractivity contribution in [2.75, 3.05) is 24.6 Å². The zero-order valence-electron chi connectivity index (χ0n) is 11.9. The van der Waals surface area contributed by atoms with Gasteiger partial charge in [0.1, 0.15) is 0 Å². The highest BCUT2D eigenvalue weighted by molar-refractivity contribution is 7.99. The lowest BCUT2D eigenvalue weighted by Gasteiger charge is -2.16. The molecule has 1 aromatic carbocycles. The number of sulfonamides is 1. The van der Waals surface area contributed by atoms with Gasteiger partial charge in [-0.2, -0.15) is 5.26 Å². The molecule has 1 aromatic rings. The maximum Gasteiger partial charge on any atom is 0.214 e. The van der Waals surface area contributed by atoms with Gasteiger partial charge < -0.3 is 0 Å². The Morgan fingerprint density at radius 2 is 2.10 bits per heavy atom. The standard InChI is InChI=1S/C15H20N2O2S2/c16-9-4-5-11-21(18,19)17-10-8-14(12-17)13-20-15-6-2-1-3-7-15/h1-3,6-7,14H,4-5,8,10-13H2/t14-/m0/s1. The van der Waals surface area contributed by atoms with Crippen molar-refractivity contribution in [1.29, 1.82) is 5.26 Å². The van der Waals surface area contributed by atoms with E-state index in [4.69, 9.17) is 5.26 Å². The number of hydrogen-bond donors (Lipinski definition) is 0. The van der Waals surface area contributed by atoms with Gasteiger partial charge in [-0.05, 0) is 30.9 Å². The molecular formula is C15H20N2O2S2. The highest BCUT2D eigenvalue weighted by Crippen LogP contribution is 2.27. The number of nitrogens with zero attached hydrogens (tertiary/aromatic N) is 2. The molecule has 6 heteroatoms. The van der Waals surface area contributed by atoms with Gasteiger partial charge in [0.25, 0.3) is 0 Å². The largest absolute Gasteiger partial charge is 0.214 e. The molecule has 0 aromatic heterocycles. The number of thioether (sulfide) groups is 1. The molecule has 1 aliphatic rings. The molecule has 0 aliphatic carbocycles. The van der Waals surface area contributed by atoms with E-state index < -0.39 is 10.0 Å². The van der Waals surface area contributed by atoms with Crippen molar-refractivity contribution in [2.45, 2.75) is 24.2 Å². The molecule has 0 radical (unpaired) electrons. The summed E-state index contributed by atoms with van der Waals surface area (Å²) in [6, 6.07) is 12.2. The summed E-state index contributed by atoms with van der Waals surface area (Å²) in [5.41, 5.74) is 0. The maximum absolute atomic E-state index is 12.1. The van der Waals surface area contributed by atoms with Crippen LogP contribution in [0.25, 0.3) is 0 Å². The lowest BCUT2D eigenvalue weighted by molar-refractivity contribution is 0.464. The number of nitriles is 1. The van der Waals surface area contributed by atoms with Gasteiger partial charge in [0, 0.05) is 30.2 Å². The number of benzene rings is 1. The van der Waals surface area contributed by atoms with Crippen LogP contribution in [0, 0.1) is 17.2 Å². The van der Waals surface area contributed by atoms with Crippen LogP contribution in [0.5, 0.6) is 0 Å². The van der Waals surface area contributed by atoms with Crippen LogP contribution in [-0.2, 0) is 10.0 Å². The second-order valence-electron chi connectivity index (χ2n) is 5.21. The molecule has 21 heavy (non-hydrogen) atoms. The molecule has 0 amide bonds. The third-order valence-electron chi connectivity index (χ3n) is 3.56. The third-order valence-corrected chi connectivity index (χ3v) is 6.73. The van der Waals surface area contributed by atoms with Gasteiger partial charge in [-0.15, -0.1) is 11.8 Å². The van der Waals surface area contributed by atoms with E-state index in [0.717, 1.165) is 12.2 Å². The number of hydrogen-bond acceptors (Lipinski definition) is 4. The Morgan fingerprint density at radius 3 is 2.81 bits per heavy atom. The number of unbranched alkanes of at least 4 members (excludes halogenated alkanes) is 1. The van der Waals surface area contributed by atoms with E-state index >= 15 is 0 Å². The smallest absolute Gasteiger partial charge is 0.212 e. The molecule has 0 spiro atoms. The normalized spacial score (nSPS) is 19.5. The molecular weight excluding hydrogens is 304 g/mol. The first-order valence-electron chi connectivity index (χ1n) is 7.14. The zero-order chi connectivity index (χ0) is 15.1. The van der Waals surface area contributed by atoms with Crippen molar-refractivity contribution < 1.29 is 8.42 Å². The maximum atomic E-state index is 12.1. The topological polar surface area (TPSA) is 61.2 Å². The minimum atomic E-state index is -3.18. The van der Waals surface area contributed by atoms with Crippen LogP contribution in [0.2, 0.25) is 0 Å². The SMILES string of the molecule is N#CCCCS(=O)(=O)N1CC[C@H](CSc2ccccc2)C1. The van der Waals surface area contributed by atoms with Crippen LogP contribution < -0.4 is 0 Å². The van der Waals surface area contributed by atoms with Crippen molar-refractivity contribution in [1.82, 2.24) is 4.31 Å². The van der Waals surface area contributed by atoms with Crippen LogP contribution in [0.4, 0.5) is 0 Å². The molecule has 0 N–H and O–H groups in total. The van der Waals surface area contributed by atoms with Gasteiger partial charge in [0.05, 0.1) is 11.8 Å². The average molecular weight is 324 g/mol.